The van der Waals surface area contributed by atoms with Crippen LogP contribution in [0.2, 0.25) is 0 Å². The van der Waals surface area contributed by atoms with Gasteiger partial charge in [0.2, 0.25) is 0 Å². The van der Waals surface area contributed by atoms with Crippen LogP contribution in [-0.2, 0) is 0 Å². The van der Waals surface area contributed by atoms with Crippen molar-refractivity contribution >= 4 is 21.7 Å². The van der Waals surface area contributed by atoms with Gasteiger partial charge in [0.05, 0.1) is 0 Å². The lowest BCUT2D eigenvalue weighted by Crippen LogP contribution is -2.07. The number of hydrogen-bond donors (Lipinski definition) is 2. The molecule has 3 rings (SSSR count). The minimum absolute atomic E-state index is 0.0514. The number of phenolic OH excluding ortho intramolecular Hbond substituents is 2. The number of rotatable bonds is 0. The monoisotopic (exact) mass is 260 g/mol. The number of fused-ring (bicyclic) bond motifs is 3. The molecule has 96 valence electrons. The van der Waals surface area contributed by atoms with Crippen molar-refractivity contribution in [2.45, 2.75) is 6.92 Å². The van der Waals surface area contributed by atoms with Crippen LogP contribution < -0.4 is 11.3 Å². The van der Waals surface area contributed by atoms with Gasteiger partial charge in [-0.2, -0.15) is 0 Å². The van der Waals surface area contributed by atoms with E-state index in [1.807, 2.05) is 0 Å². The molecule has 2 heterocycles. The molecule has 0 aliphatic carbocycles. The highest BCUT2D eigenvalue weighted by Gasteiger charge is 2.17. The van der Waals surface area contributed by atoms with Gasteiger partial charge >= 0.3 is 11.3 Å². The van der Waals surface area contributed by atoms with Gasteiger partial charge in [-0.25, -0.2) is 9.59 Å². The van der Waals surface area contributed by atoms with Crippen molar-refractivity contribution in [2.24, 2.45) is 0 Å². The minimum atomic E-state index is -0.833. The van der Waals surface area contributed by atoms with Gasteiger partial charge < -0.3 is 19.0 Å². The Hall–Kier alpha value is -2.76. The molecule has 0 saturated heterocycles. The Labute approximate surface area is 105 Å². The molecule has 0 aliphatic heterocycles. The van der Waals surface area contributed by atoms with Crippen molar-refractivity contribution in [3.8, 4) is 11.5 Å². The van der Waals surface area contributed by atoms with Crippen LogP contribution in [-0.4, -0.2) is 10.2 Å². The predicted octanol–water partition coefficient (Wildman–Crippen LogP) is 1.62. The fourth-order valence-corrected chi connectivity index (χ4v) is 2.05. The van der Waals surface area contributed by atoms with E-state index in [1.165, 1.54) is 18.2 Å². The van der Waals surface area contributed by atoms with Gasteiger partial charge in [-0.1, -0.05) is 0 Å². The lowest BCUT2D eigenvalue weighted by atomic mass is 10.1. The van der Waals surface area contributed by atoms with E-state index in [-0.39, 0.29) is 21.7 Å². The van der Waals surface area contributed by atoms with Crippen LogP contribution in [0, 0.1) is 6.92 Å². The first-order chi connectivity index (χ1) is 8.99. The summed E-state index contributed by atoms with van der Waals surface area (Å²) in [4.78, 5) is 23.7. The van der Waals surface area contributed by atoms with Gasteiger partial charge in [0.25, 0.3) is 0 Å². The van der Waals surface area contributed by atoms with Crippen LogP contribution in [0.15, 0.2) is 36.6 Å². The Kier molecular flexibility index (Phi) is 2.16. The molecular formula is C13H8O6. The quantitative estimate of drug-likeness (QED) is 0.470. The maximum atomic E-state index is 11.8. The summed E-state index contributed by atoms with van der Waals surface area (Å²) >= 11 is 0. The molecule has 0 amide bonds. The first kappa shape index (κ1) is 11.3. The molecule has 1 aromatic carbocycles. The first-order valence-corrected chi connectivity index (χ1v) is 5.41. The largest absolute Gasteiger partial charge is 0.504 e. The minimum Gasteiger partial charge on any atom is -0.504 e. The Morgan fingerprint density at radius 1 is 1.00 bits per heavy atom. The van der Waals surface area contributed by atoms with Crippen molar-refractivity contribution in [1.29, 1.82) is 0 Å². The van der Waals surface area contributed by atoms with E-state index in [0.717, 1.165) is 0 Å². The van der Waals surface area contributed by atoms with E-state index < -0.39 is 22.8 Å². The SMILES string of the molecule is Cc1cc2oc(=O)c3c(O)c(O)ccc3c2c(=O)o1. The van der Waals surface area contributed by atoms with E-state index in [0.29, 0.717) is 5.76 Å². The predicted molar refractivity (Wildman–Crippen MR) is 66.6 cm³/mol. The molecule has 0 bridgehead atoms. The molecule has 6 nitrogen and oxygen atoms in total. The Morgan fingerprint density at radius 3 is 2.42 bits per heavy atom. The zero-order chi connectivity index (χ0) is 13.7. The summed E-state index contributed by atoms with van der Waals surface area (Å²) < 4.78 is 9.93. The summed E-state index contributed by atoms with van der Waals surface area (Å²) in [5.41, 5.74) is -1.42. The lowest BCUT2D eigenvalue weighted by molar-refractivity contribution is 0.406. The van der Waals surface area contributed by atoms with E-state index in [1.54, 1.807) is 6.92 Å². The Balaban J connectivity index is 2.73. The molecule has 2 aromatic heterocycles. The highest BCUT2D eigenvalue weighted by Crippen LogP contribution is 2.33. The lowest BCUT2D eigenvalue weighted by Gasteiger charge is -2.04. The molecule has 0 saturated carbocycles. The summed E-state index contributed by atoms with van der Waals surface area (Å²) in [6, 6.07) is 3.97. The number of phenols is 2. The summed E-state index contributed by atoms with van der Waals surface area (Å²) in [7, 11) is 0. The van der Waals surface area contributed by atoms with Gasteiger partial charge in [-0.3, -0.25) is 0 Å². The van der Waals surface area contributed by atoms with Crippen LogP contribution >= 0.6 is 0 Å². The molecule has 2 N–H and O–H groups in total. The van der Waals surface area contributed by atoms with Crippen LogP contribution in [0.5, 0.6) is 11.5 Å². The highest BCUT2D eigenvalue weighted by molar-refractivity contribution is 6.06. The van der Waals surface area contributed by atoms with Gasteiger partial charge in [0.15, 0.2) is 11.5 Å². The Morgan fingerprint density at radius 2 is 1.68 bits per heavy atom. The van der Waals surface area contributed by atoms with Gasteiger partial charge in [0.1, 0.15) is 22.1 Å². The zero-order valence-electron chi connectivity index (χ0n) is 9.76. The second-order valence-corrected chi connectivity index (χ2v) is 4.13. The molecule has 0 aliphatic rings. The molecule has 0 radical (unpaired) electrons. The molecule has 0 unspecified atom stereocenters. The van der Waals surface area contributed by atoms with E-state index >= 15 is 0 Å². The number of benzene rings is 1. The highest BCUT2D eigenvalue weighted by atomic mass is 16.4. The van der Waals surface area contributed by atoms with Gasteiger partial charge in [-0.15, -0.1) is 0 Å². The van der Waals surface area contributed by atoms with Crippen molar-refractivity contribution in [3.05, 3.63) is 44.8 Å². The molecule has 0 atom stereocenters. The van der Waals surface area contributed by atoms with E-state index in [9.17, 15) is 19.8 Å². The third-order valence-electron chi connectivity index (χ3n) is 2.87. The molecule has 3 aromatic rings. The maximum Gasteiger partial charge on any atom is 0.348 e. The summed E-state index contributed by atoms with van der Waals surface area (Å²) in [5, 5.41) is 19.1. The Bertz CT molecular complexity index is 932. The topological polar surface area (TPSA) is 101 Å². The maximum absolute atomic E-state index is 11.8. The van der Waals surface area contributed by atoms with Gasteiger partial charge in [-0.05, 0) is 19.1 Å². The van der Waals surface area contributed by atoms with Crippen LogP contribution in [0.4, 0.5) is 0 Å². The molecular weight excluding hydrogens is 252 g/mol. The fraction of sp³-hybridized carbons (Fsp3) is 0.0769. The van der Waals surface area contributed by atoms with E-state index in [2.05, 4.69) is 0 Å². The zero-order valence-corrected chi connectivity index (χ0v) is 9.76. The second-order valence-electron chi connectivity index (χ2n) is 4.13. The second kappa shape index (κ2) is 3.61. The van der Waals surface area contributed by atoms with Crippen LogP contribution in [0.1, 0.15) is 5.76 Å². The third kappa shape index (κ3) is 1.50. The average molecular weight is 260 g/mol. The summed E-state index contributed by atoms with van der Waals surface area (Å²) in [6.07, 6.45) is 0. The third-order valence-corrected chi connectivity index (χ3v) is 2.87. The van der Waals surface area contributed by atoms with Crippen molar-refractivity contribution in [2.75, 3.05) is 0 Å². The van der Waals surface area contributed by atoms with E-state index in [4.69, 9.17) is 8.83 Å². The van der Waals surface area contributed by atoms with Crippen molar-refractivity contribution in [1.82, 2.24) is 0 Å². The van der Waals surface area contributed by atoms with Crippen LogP contribution in [0.25, 0.3) is 21.7 Å². The normalized spacial score (nSPS) is 11.2. The number of hydrogen-bond acceptors (Lipinski definition) is 6. The molecule has 0 fully saturated rings. The summed E-state index contributed by atoms with van der Waals surface area (Å²) in [5.74, 6) is -0.772. The average Bonchev–Trinajstić information content (AvgIpc) is 2.32. The van der Waals surface area contributed by atoms with Crippen molar-refractivity contribution in [3.63, 3.8) is 0 Å². The van der Waals surface area contributed by atoms with Gasteiger partial charge in [0, 0.05) is 11.5 Å². The first-order valence-electron chi connectivity index (χ1n) is 5.41. The molecule has 19 heavy (non-hydrogen) atoms. The number of aryl methyl sites for hydroxylation is 1. The number of aromatic hydroxyl groups is 2. The summed E-state index contributed by atoms with van der Waals surface area (Å²) in [6.45, 7) is 1.55. The standard InChI is InChI=1S/C13H8O6/c1-5-4-8-9(12(16)18-5)6-2-3-7(14)11(15)10(6)13(17)19-8/h2-4,14-15H,1H3. The van der Waals surface area contributed by atoms with Crippen LogP contribution in [0.3, 0.4) is 0 Å². The smallest absolute Gasteiger partial charge is 0.348 e. The fourth-order valence-electron chi connectivity index (χ4n) is 2.05. The molecule has 0 spiro atoms. The van der Waals surface area contributed by atoms with Crippen molar-refractivity contribution < 1.29 is 19.0 Å². The molecule has 6 heteroatoms.